The van der Waals surface area contributed by atoms with Gasteiger partial charge in [0.25, 0.3) is 0 Å². The molecule has 2 heterocycles. The predicted octanol–water partition coefficient (Wildman–Crippen LogP) is 6.78. The van der Waals surface area contributed by atoms with Gasteiger partial charge in [0, 0.05) is 17.1 Å². The molecule has 0 saturated heterocycles. The van der Waals surface area contributed by atoms with Gasteiger partial charge >= 0.3 is 0 Å². The van der Waals surface area contributed by atoms with Gasteiger partial charge in [-0.2, -0.15) is 0 Å². The van der Waals surface area contributed by atoms with E-state index in [2.05, 4.69) is 47.8 Å². The van der Waals surface area contributed by atoms with Gasteiger partial charge in [0.1, 0.15) is 5.82 Å². The number of nitrogens with one attached hydrogen (secondary N) is 2. The number of unbranched alkanes of at least 4 members (excludes halogenated alkanes) is 2. The van der Waals surface area contributed by atoms with Gasteiger partial charge in [-0.1, -0.05) is 46.3 Å². The van der Waals surface area contributed by atoms with Crippen molar-refractivity contribution in [3.05, 3.63) is 71.9 Å². The number of hydrogen-bond donors (Lipinski definition) is 2. The molecular formula is C24H32FN3. The SMILES string of the molecule is C=C(NC(C)c1ccc(CCCCC)cn1)c1cc2ccc(F)cc2[nH]1.CC. The maximum atomic E-state index is 13.3. The summed E-state index contributed by atoms with van der Waals surface area (Å²) in [6.45, 7) is 12.4. The van der Waals surface area contributed by atoms with Crippen LogP contribution >= 0.6 is 0 Å². The fourth-order valence-electron chi connectivity index (χ4n) is 3.09. The van der Waals surface area contributed by atoms with E-state index in [1.165, 1.54) is 37.0 Å². The largest absolute Gasteiger partial charge is 0.376 e. The van der Waals surface area contributed by atoms with Crippen LogP contribution in [0.25, 0.3) is 16.6 Å². The van der Waals surface area contributed by atoms with E-state index >= 15 is 0 Å². The standard InChI is InChI=1S/C22H26FN3.C2H6/c1-4-5-6-7-17-8-11-20(24-14-17)15(2)25-16(3)21-12-18-9-10-19(23)13-22(18)26-21;1-2/h8-15,25-26H,3-7H2,1-2H3;1-2H3. The van der Waals surface area contributed by atoms with Crippen molar-refractivity contribution in [1.29, 1.82) is 0 Å². The quantitative estimate of drug-likeness (QED) is 0.422. The molecule has 0 spiro atoms. The van der Waals surface area contributed by atoms with Crippen molar-refractivity contribution in [3.63, 3.8) is 0 Å². The topological polar surface area (TPSA) is 40.7 Å². The van der Waals surface area contributed by atoms with Crippen LogP contribution in [0.1, 0.15) is 70.0 Å². The van der Waals surface area contributed by atoms with E-state index in [0.717, 1.165) is 34.4 Å². The van der Waals surface area contributed by atoms with Crippen molar-refractivity contribution in [2.24, 2.45) is 0 Å². The Labute approximate surface area is 168 Å². The first-order chi connectivity index (χ1) is 13.6. The van der Waals surface area contributed by atoms with Crippen molar-refractivity contribution in [2.45, 2.75) is 59.4 Å². The van der Waals surface area contributed by atoms with Crippen molar-refractivity contribution in [3.8, 4) is 0 Å². The third kappa shape index (κ3) is 5.69. The molecule has 0 radical (unpaired) electrons. The van der Waals surface area contributed by atoms with Crippen molar-refractivity contribution < 1.29 is 4.39 Å². The van der Waals surface area contributed by atoms with Gasteiger partial charge < -0.3 is 10.3 Å². The molecule has 0 aliphatic carbocycles. The lowest BCUT2D eigenvalue weighted by molar-refractivity contribution is 0.629. The fraction of sp³-hybridized carbons (Fsp3) is 0.375. The molecule has 2 aromatic heterocycles. The van der Waals surface area contributed by atoms with E-state index in [1.807, 2.05) is 26.1 Å². The second-order valence-corrected chi connectivity index (χ2v) is 6.81. The summed E-state index contributed by atoms with van der Waals surface area (Å²) in [5.74, 6) is -0.249. The summed E-state index contributed by atoms with van der Waals surface area (Å²) < 4.78 is 13.3. The molecule has 1 aromatic carbocycles. The Hall–Kier alpha value is -2.62. The van der Waals surface area contributed by atoms with Gasteiger partial charge in [0.2, 0.25) is 0 Å². The molecule has 0 saturated carbocycles. The number of fused-ring (bicyclic) bond motifs is 1. The summed E-state index contributed by atoms with van der Waals surface area (Å²) in [6.07, 6.45) is 6.75. The van der Waals surface area contributed by atoms with Crippen LogP contribution in [0.2, 0.25) is 0 Å². The Kier molecular flexibility index (Phi) is 8.24. The van der Waals surface area contributed by atoms with Gasteiger partial charge in [0.15, 0.2) is 0 Å². The Morgan fingerprint density at radius 1 is 1.18 bits per heavy atom. The minimum Gasteiger partial charge on any atom is -0.376 e. The van der Waals surface area contributed by atoms with Crippen molar-refractivity contribution in [1.82, 2.24) is 15.3 Å². The number of aromatic amines is 1. The number of H-pyrrole nitrogens is 1. The summed E-state index contributed by atoms with van der Waals surface area (Å²) in [7, 11) is 0. The summed E-state index contributed by atoms with van der Waals surface area (Å²) in [4.78, 5) is 7.80. The van der Waals surface area contributed by atoms with E-state index < -0.39 is 0 Å². The number of rotatable bonds is 8. The lowest BCUT2D eigenvalue weighted by atomic mass is 10.1. The second-order valence-electron chi connectivity index (χ2n) is 6.81. The molecule has 3 rings (SSSR count). The summed E-state index contributed by atoms with van der Waals surface area (Å²) >= 11 is 0. The maximum Gasteiger partial charge on any atom is 0.125 e. The predicted molar refractivity (Wildman–Crippen MR) is 118 cm³/mol. The molecule has 1 atom stereocenters. The van der Waals surface area contributed by atoms with Gasteiger partial charge in [-0.25, -0.2) is 4.39 Å². The molecule has 2 N–H and O–H groups in total. The molecule has 0 aliphatic rings. The van der Waals surface area contributed by atoms with Crippen LogP contribution in [0, 0.1) is 5.82 Å². The lowest BCUT2D eigenvalue weighted by Gasteiger charge is -2.16. The second kappa shape index (κ2) is 10.6. The van der Waals surface area contributed by atoms with Crippen molar-refractivity contribution in [2.75, 3.05) is 0 Å². The number of halogens is 1. The van der Waals surface area contributed by atoms with Crippen LogP contribution in [0.4, 0.5) is 4.39 Å². The van der Waals surface area contributed by atoms with Gasteiger partial charge in [-0.05, 0) is 55.7 Å². The van der Waals surface area contributed by atoms with E-state index in [0.29, 0.717) is 0 Å². The first-order valence-corrected chi connectivity index (χ1v) is 10.3. The zero-order chi connectivity index (χ0) is 20.5. The third-order valence-electron chi connectivity index (χ3n) is 4.66. The number of pyridine rings is 1. The molecule has 0 fully saturated rings. The molecule has 150 valence electrons. The number of aryl methyl sites for hydroxylation is 1. The van der Waals surface area contributed by atoms with Crippen LogP contribution in [0.3, 0.4) is 0 Å². The van der Waals surface area contributed by atoms with Crippen LogP contribution in [0.15, 0.2) is 49.2 Å². The molecular weight excluding hydrogens is 349 g/mol. The Morgan fingerprint density at radius 2 is 1.96 bits per heavy atom. The lowest BCUT2D eigenvalue weighted by Crippen LogP contribution is -2.17. The molecule has 0 bridgehead atoms. The first-order valence-electron chi connectivity index (χ1n) is 10.3. The highest BCUT2D eigenvalue weighted by Crippen LogP contribution is 2.22. The molecule has 1 unspecified atom stereocenters. The summed E-state index contributed by atoms with van der Waals surface area (Å²) in [5, 5.41) is 4.34. The summed E-state index contributed by atoms with van der Waals surface area (Å²) in [5.41, 5.74) is 4.65. The van der Waals surface area contributed by atoms with E-state index in [1.54, 1.807) is 6.07 Å². The number of benzene rings is 1. The number of hydrogen-bond acceptors (Lipinski definition) is 2. The molecule has 3 aromatic rings. The van der Waals surface area contributed by atoms with Crippen LogP contribution in [-0.2, 0) is 6.42 Å². The molecule has 4 heteroatoms. The van der Waals surface area contributed by atoms with Crippen LogP contribution < -0.4 is 5.32 Å². The van der Waals surface area contributed by atoms with E-state index in [-0.39, 0.29) is 11.9 Å². The van der Waals surface area contributed by atoms with Crippen LogP contribution in [-0.4, -0.2) is 9.97 Å². The highest BCUT2D eigenvalue weighted by molar-refractivity contribution is 5.84. The molecule has 0 amide bonds. The van der Waals surface area contributed by atoms with Gasteiger partial charge in [-0.3, -0.25) is 4.98 Å². The maximum absolute atomic E-state index is 13.3. The van der Waals surface area contributed by atoms with Gasteiger partial charge in [-0.15, -0.1) is 0 Å². The normalized spacial score (nSPS) is 11.6. The third-order valence-corrected chi connectivity index (χ3v) is 4.66. The minimum atomic E-state index is -0.249. The zero-order valence-electron chi connectivity index (χ0n) is 17.5. The van der Waals surface area contributed by atoms with Gasteiger partial charge in [0.05, 0.1) is 23.1 Å². The highest BCUT2D eigenvalue weighted by atomic mass is 19.1. The van der Waals surface area contributed by atoms with Crippen LogP contribution in [0.5, 0.6) is 0 Å². The van der Waals surface area contributed by atoms with E-state index in [9.17, 15) is 4.39 Å². The first kappa shape index (κ1) is 21.7. The minimum absolute atomic E-state index is 0.0374. The Bertz CT molecular complexity index is 881. The summed E-state index contributed by atoms with van der Waals surface area (Å²) in [6, 6.07) is 11.0. The number of nitrogens with zero attached hydrogens (tertiary/aromatic N) is 1. The molecule has 0 aliphatic heterocycles. The molecule has 28 heavy (non-hydrogen) atoms. The highest BCUT2D eigenvalue weighted by Gasteiger charge is 2.11. The van der Waals surface area contributed by atoms with Crippen molar-refractivity contribution >= 4 is 16.6 Å². The fourth-order valence-corrected chi connectivity index (χ4v) is 3.09. The average Bonchev–Trinajstić information content (AvgIpc) is 3.13. The van der Waals surface area contributed by atoms with E-state index in [4.69, 9.17) is 0 Å². The number of aromatic nitrogens is 2. The monoisotopic (exact) mass is 381 g/mol. The average molecular weight is 382 g/mol. The zero-order valence-corrected chi connectivity index (χ0v) is 17.5. The Balaban J connectivity index is 0.00000136. The molecule has 3 nitrogen and oxygen atoms in total. The smallest absolute Gasteiger partial charge is 0.125 e. The Morgan fingerprint density at radius 3 is 2.64 bits per heavy atom.